The summed E-state index contributed by atoms with van der Waals surface area (Å²) in [6, 6.07) is 0. The Labute approximate surface area is 43.1 Å². The van der Waals surface area contributed by atoms with Crippen molar-refractivity contribution >= 4 is 18.1 Å². The molecule has 0 aliphatic carbocycles. The third-order valence-electron chi connectivity index (χ3n) is 0. The molecule has 0 unspecified atom stereocenters. The zero-order chi connectivity index (χ0) is 2.71. The molecule has 0 aliphatic heterocycles. The number of hydrogen-bond acceptors (Lipinski definition) is 0. The summed E-state index contributed by atoms with van der Waals surface area (Å²) < 4.78 is 0. The summed E-state index contributed by atoms with van der Waals surface area (Å²) in [5, 5.41) is 0. The largest absolute Gasteiger partial charge is 0.0970 e. The summed E-state index contributed by atoms with van der Waals surface area (Å²) in [4.78, 5) is 0. The van der Waals surface area contributed by atoms with E-state index in [0.717, 1.165) is 0 Å². The zero-order valence-corrected chi connectivity index (χ0v) is 6.55. The summed E-state index contributed by atoms with van der Waals surface area (Å²) in [6.45, 7) is 0. The maximum atomic E-state index is 2.19. The maximum Gasteiger partial charge on any atom is 0.0970 e. The van der Waals surface area contributed by atoms with Crippen molar-refractivity contribution in [2.45, 2.75) is 5.94 Å². The predicted octanol–water partition coefficient (Wildman–Crippen LogP) is -1.64. The molecular weight excluding hydrogens is 102 g/mol. The van der Waals surface area contributed by atoms with Crippen LogP contribution < -0.4 is 0 Å². The molecule has 0 N–H and O–H groups in total. The number of rotatable bonds is 0. The first-order chi connectivity index (χ1) is 1.41. The van der Waals surface area contributed by atoms with E-state index in [2.05, 4.69) is 7.85 Å². The van der Waals surface area contributed by atoms with Crippen molar-refractivity contribution in [3.63, 3.8) is 0 Å². The minimum absolute atomic E-state index is 0. The Kier molecular flexibility index (Phi) is 20.2. The minimum atomic E-state index is 0. The smallest absolute Gasteiger partial charge is 0.0928 e. The van der Waals surface area contributed by atoms with Crippen LogP contribution in [0.1, 0.15) is 0 Å². The van der Waals surface area contributed by atoms with E-state index in [1.165, 1.54) is 16.2 Å². The Balaban J connectivity index is 0. The van der Waals surface area contributed by atoms with E-state index in [1.54, 1.807) is 0 Å². The molecule has 0 amide bonds. The maximum absolute atomic E-state index is 2.19. The first kappa shape index (κ1) is 8.85. The molecule has 0 saturated heterocycles. The second-order valence-electron chi connectivity index (χ2n) is 0.707. The van der Waals surface area contributed by atoms with E-state index in [-0.39, 0.29) is 18.6 Å². The summed E-state index contributed by atoms with van der Waals surface area (Å²) in [6.07, 6.45) is 0. The first-order valence-corrected chi connectivity index (χ1v) is 2.83. The van der Waals surface area contributed by atoms with Crippen molar-refractivity contribution in [3.05, 3.63) is 0 Å². The first-order valence-electron chi connectivity index (χ1n) is 1.41. The van der Waals surface area contributed by atoms with Crippen LogP contribution in [0.3, 0.4) is 0 Å². The third-order valence-corrected chi connectivity index (χ3v) is 0. The minimum Gasteiger partial charge on any atom is -0.0928 e. The topological polar surface area (TPSA) is 0 Å². The summed E-state index contributed by atoms with van der Waals surface area (Å²) >= 11 is 0. The Bertz CT molecular complexity index is 8.00. The summed E-state index contributed by atoms with van der Waals surface area (Å²) in [5.41, 5.74) is 0. The molecule has 0 nitrogen and oxygen atoms in total. The Morgan fingerprint density at radius 1 is 1.75 bits per heavy atom. The molecule has 0 rings (SSSR count). The van der Waals surface area contributed by atoms with Crippen LogP contribution in [0, 0.1) is 0 Å². The van der Waals surface area contributed by atoms with Gasteiger partial charge in [0.15, 0.2) is 0 Å². The van der Waals surface area contributed by atoms with Gasteiger partial charge in [-0.15, -0.1) is 0 Å². The van der Waals surface area contributed by atoms with Crippen LogP contribution in [0.2, 0.25) is 5.94 Å². The predicted molar refractivity (Wildman–Crippen MR) is 23.3 cm³/mol. The summed E-state index contributed by atoms with van der Waals surface area (Å²) in [7, 11) is 3.56. The fraction of sp³-hybridized carbons (Fsp3) is 1.00. The standard InChI is InChI=1S/CH7BSi.V/c2-1-3;/h1-2H2,3H3;. The van der Waals surface area contributed by atoms with Crippen molar-refractivity contribution in [2.75, 3.05) is 0 Å². The average molecular weight is 109 g/mol. The van der Waals surface area contributed by atoms with E-state index in [0.29, 0.717) is 0 Å². The molecule has 1 radical (unpaired) electrons. The van der Waals surface area contributed by atoms with Gasteiger partial charge in [-0.05, 0) is 10.2 Å². The van der Waals surface area contributed by atoms with Crippen molar-refractivity contribution in [2.24, 2.45) is 0 Å². The van der Waals surface area contributed by atoms with Gasteiger partial charge in [0.05, 0.1) is 7.85 Å². The van der Waals surface area contributed by atoms with Gasteiger partial charge in [-0.3, -0.25) is 0 Å². The second kappa shape index (κ2) is 9.12. The van der Waals surface area contributed by atoms with Crippen molar-refractivity contribution in [3.8, 4) is 0 Å². The van der Waals surface area contributed by atoms with Gasteiger partial charge in [0.25, 0.3) is 0 Å². The molecule has 0 aromatic heterocycles. The SMILES string of the molecule is BC[SiH3].[V]. The van der Waals surface area contributed by atoms with Crippen LogP contribution in [-0.2, 0) is 18.6 Å². The normalized spacial score (nSPS) is 5.00. The van der Waals surface area contributed by atoms with Crippen LogP contribution >= 0.6 is 0 Å². The molecule has 23 valence electrons. The van der Waals surface area contributed by atoms with Gasteiger partial charge in [0.1, 0.15) is 0 Å². The quantitative estimate of drug-likeness (QED) is 0.327. The van der Waals surface area contributed by atoms with Crippen LogP contribution in [0.5, 0.6) is 0 Å². The van der Waals surface area contributed by atoms with E-state index in [4.69, 9.17) is 0 Å². The Morgan fingerprint density at radius 3 is 1.75 bits per heavy atom. The molecule has 0 saturated carbocycles. The molecule has 0 aromatic carbocycles. The molecule has 0 heterocycles. The summed E-state index contributed by atoms with van der Waals surface area (Å²) in [5.74, 6) is 1.39. The molecule has 0 aliphatic rings. The molecular formula is CH7BSiV. The molecule has 0 atom stereocenters. The van der Waals surface area contributed by atoms with Gasteiger partial charge in [-0.1, -0.05) is 5.94 Å². The van der Waals surface area contributed by atoms with Gasteiger partial charge in [0.2, 0.25) is 0 Å². The van der Waals surface area contributed by atoms with E-state index in [1.807, 2.05) is 0 Å². The van der Waals surface area contributed by atoms with Gasteiger partial charge in [-0.2, -0.15) is 0 Å². The second-order valence-corrected chi connectivity index (χ2v) is 2.12. The van der Waals surface area contributed by atoms with E-state index >= 15 is 0 Å². The van der Waals surface area contributed by atoms with Gasteiger partial charge in [0, 0.05) is 18.6 Å². The van der Waals surface area contributed by atoms with E-state index in [9.17, 15) is 0 Å². The van der Waals surface area contributed by atoms with Gasteiger partial charge in [-0.25, -0.2) is 0 Å². The van der Waals surface area contributed by atoms with Crippen LogP contribution in [0.4, 0.5) is 0 Å². The van der Waals surface area contributed by atoms with E-state index < -0.39 is 0 Å². The molecule has 4 heavy (non-hydrogen) atoms. The molecule has 3 heteroatoms. The molecule has 0 fully saturated rings. The fourth-order valence-corrected chi connectivity index (χ4v) is 0. The number of hydrogen-bond donors (Lipinski definition) is 0. The van der Waals surface area contributed by atoms with Crippen LogP contribution in [0.15, 0.2) is 0 Å². The van der Waals surface area contributed by atoms with Gasteiger partial charge < -0.3 is 0 Å². The van der Waals surface area contributed by atoms with Crippen LogP contribution in [-0.4, -0.2) is 18.1 Å². The Morgan fingerprint density at radius 2 is 1.75 bits per heavy atom. The van der Waals surface area contributed by atoms with Crippen molar-refractivity contribution in [1.29, 1.82) is 0 Å². The van der Waals surface area contributed by atoms with Crippen molar-refractivity contribution in [1.82, 2.24) is 0 Å². The molecule has 0 spiro atoms. The van der Waals surface area contributed by atoms with Crippen LogP contribution in [0.25, 0.3) is 0 Å². The van der Waals surface area contributed by atoms with Gasteiger partial charge >= 0.3 is 0 Å². The zero-order valence-electron chi connectivity index (χ0n) is 3.15. The average Bonchev–Trinajstić information content (AvgIpc) is 0.918. The molecule has 0 bridgehead atoms. The fourth-order valence-electron chi connectivity index (χ4n) is 0. The third kappa shape index (κ3) is 13.3. The monoisotopic (exact) mass is 109 g/mol. The Hall–Kier alpha value is 0.866. The van der Waals surface area contributed by atoms with Crippen molar-refractivity contribution < 1.29 is 18.6 Å². The molecule has 0 aromatic rings.